The fraction of sp³-hybridized carbons (Fsp3) is 0.682. The first-order valence-electron chi connectivity index (χ1n) is 10.7. The molecule has 168 valence electrons. The first kappa shape index (κ1) is 23.2. The third-order valence-corrected chi connectivity index (χ3v) is 6.70. The zero-order valence-electron chi connectivity index (χ0n) is 18.0. The van der Waals surface area contributed by atoms with Crippen LogP contribution in [0.15, 0.2) is 18.2 Å². The van der Waals surface area contributed by atoms with Gasteiger partial charge in [-0.25, -0.2) is 0 Å². The molecule has 1 aromatic rings. The van der Waals surface area contributed by atoms with Crippen LogP contribution in [-0.4, -0.2) is 92.0 Å². The first-order chi connectivity index (χ1) is 14.6. The van der Waals surface area contributed by atoms with Gasteiger partial charge in [0.15, 0.2) is 11.5 Å². The number of rotatable bonds is 9. The number of aliphatic hydroxyl groups excluding tert-OH is 1. The van der Waals surface area contributed by atoms with Crippen molar-refractivity contribution >= 4 is 17.7 Å². The number of carbonyl (C=O) groups excluding carboxylic acids is 1. The van der Waals surface area contributed by atoms with Crippen LogP contribution in [-0.2, 0) is 16.1 Å². The number of hydrogen-bond acceptors (Lipinski definition) is 8. The number of benzene rings is 1. The summed E-state index contributed by atoms with van der Waals surface area (Å²) in [5, 5.41) is 10.3. The third kappa shape index (κ3) is 6.77. The van der Waals surface area contributed by atoms with Crippen molar-refractivity contribution in [3.8, 4) is 11.5 Å². The number of piperidine rings is 1. The average molecular weight is 439 g/mol. The number of methoxy groups -OCH3 is 2. The van der Waals surface area contributed by atoms with Gasteiger partial charge in [0.25, 0.3) is 0 Å². The highest BCUT2D eigenvalue weighted by atomic mass is 32.2. The Labute approximate surface area is 183 Å². The maximum Gasteiger partial charge on any atom is 0.308 e. The second-order valence-electron chi connectivity index (χ2n) is 7.94. The second kappa shape index (κ2) is 11.8. The summed E-state index contributed by atoms with van der Waals surface area (Å²) in [7, 11) is 3.09. The number of thioether (sulfide) groups is 1. The van der Waals surface area contributed by atoms with Gasteiger partial charge in [-0.2, -0.15) is 11.8 Å². The van der Waals surface area contributed by atoms with Crippen molar-refractivity contribution in [2.24, 2.45) is 5.92 Å². The van der Waals surface area contributed by atoms with E-state index in [4.69, 9.17) is 14.2 Å². The molecular weight excluding hydrogens is 404 g/mol. The summed E-state index contributed by atoms with van der Waals surface area (Å²) in [5.74, 6) is 3.51. The van der Waals surface area contributed by atoms with E-state index in [2.05, 4.69) is 9.80 Å². The highest BCUT2D eigenvalue weighted by molar-refractivity contribution is 7.99. The first-order valence-corrected chi connectivity index (χ1v) is 11.8. The van der Waals surface area contributed by atoms with E-state index in [0.717, 1.165) is 62.6 Å². The lowest BCUT2D eigenvalue weighted by molar-refractivity contribution is -0.147. The maximum absolute atomic E-state index is 11.7. The highest BCUT2D eigenvalue weighted by Gasteiger charge is 2.25. The lowest BCUT2D eigenvalue weighted by Crippen LogP contribution is -2.40. The summed E-state index contributed by atoms with van der Waals surface area (Å²) in [6.07, 6.45) is 1.14. The Hall–Kier alpha value is -1.48. The SMILES string of the molecule is COC(=O)C1CCN(Cc2ccc(OC[C@@H](O)CN3CCSCC3)c(OC)c2)CC1. The van der Waals surface area contributed by atoms with Gasteiger partial charge in [0.1, 0.15) is 12.7 Å². The van der Waals surface area contributed by atoms with Gasteiger partial charge in [0.05, 0.1) is 20.1 Å². The number of likely N-dealkylation sites (tertiary alicyclic amines) is 1. The molecule has 0 radical (unpaired) electrons. The zero-order chi connectivity index (χ0) is 21.3. The van der Waals surface area contributed by atoms with E-state index in [9.17, 15) is 9.90 Å². The predicted molar refractivity (Wildman–Crippen MR) is 118 cm³/mol. The molecule has 0 spiro atoms. The number of aliphatic hydroxyl groups is 1. The van der Waals surface area contributed by atoms with Crippen molar-refractivity contribution in [1.29, 1.82) is 0 Å². The van der Waals surface area contributed by atoms with Crippen molar-refractivity contribution in [3.63, 3.8) is 0 Å². The molecule has 0 saturated carbocycles. The molecular formula is C22H34N2O5S. The summed E-state index contributed by atoms with van der Waals surface area (Å²) in [4.78, 5) is 16.3. The minimum atomic E-state index is -0.520. The molecule has 0 unspecified atom stereocenters. The third-order valence-electron chi connectivity index (χ3n) is 5.76. The minimum absolute atomic E-state index is 0.0201. The Morgan fingerprint density at radius 3 is 2.53 bits per heavy atom. The Kier molecular flexibility index (Phi) is 9.11. The van der Waals surface area contributed by atoms with Crippen LogP contribution in [0.4, 0.5) is 0 Å². The number of carbonyl (C=O) groups is 1. The zero-order valence-corrected chi connectivity index (χ0v) is 18.9. The van der Waals surface area contributed by atoms with Gasteiger partial charge in [0.2, 0.25) is 0 Å². The molecule has 2 aliphatic heterocycles. The summed E-state index contributed by atoms with van der Waals surface area (Å²) < 4.78 is 16.2. The van der Waals surface area contributed by atoms with Crippen molar-refractivity contribution in [1.82, 2.24) is 9.80 Å². The average Bonchev–Trinajstić information content (AvgIpc) is 2.78. The van der Waals surface area contributed by atoms with Crippen molar-refractivity contribution < 1.29 is 24.1 Å². The van der Waals surface area contributed by atoms with Crippen LogP contribution in [0.1, 0.15) is 18.4 Å². The quantitative estimate of drug-likeness (QED) is 0.586. The van der Waals surface area contributed by atoms with E-state index < -0.39 is 6.10 Å². The minimum Gasteiger partial charge on any atom is -0.493 e. The molecule has 2 aliphatic rings. The summed E-state index contributed by atoms with van der Waals surface area (Å²) >= 11 is 1.96. The molecule has 30 heavy (non-hydrogen) atoms. The molecule has 7 nitrogen and oxygen atoms in total. The summed E-state index contributed by atoms with van der Waals surface area (Å²) in [6, 6.07) is 5.95. The number of hydrogen-bond donors (Lipinski definition) is 1. The molecule has 8 heteroatoms. The van der Waals surface area contributed by atoms with Crippen molar-refractivity contribution in [3.05, 3.63) is 23.8 Å². The molecule has 1 atom stereocenters. The predicted octanol–water partition coefficient (Wildman–Crippen LogP) is 1.87. The normalized spacial score (nSPS) is 20.0. The van der Waals surface area contributed by atoms with Crippen LogP contribution in [0.5, 0.6) is 11.5 Å². The fourth-order valence-corrected chi connectivity index (χ4v) is 4.98. The summed E-state index contributed by atoms with van der Waals surface area (Å²) in [6.45, 7) is 5.50. The van der Waals surface area contributed by atoms with Crippen molar-refractivity contribution in [2.75, 3.05) is 65.1 Å². The molecule has 0 aromatic heterocycles. The van der Waals surface area contributed by atoms with Crippen LogP contribution >= 0.6 is 11.8 Å². The van der Waals surface area contributed by atoms with Crippen LogP contribution < -0.4 is 9.47 Å². The molecule has 1 aromatic carbocycles. The number of nitrogens with zero attached hydrogens (tertiary/aromatic N) is 2. The lowest BCUT2D eigenvalue weighted by Gasteiger charge is -2.30. The van der Waals surface area contributed by atoms with Gasteiger partial charge in [-0.1, -0.05) is 6.07 Å². The number of esters is 1. The molecule has 0 aliphatic carbocycles. The lowest BCUT2D eigenvalue weighted by atomic mass is 9.96. The van der Waals surface area contributed by atoms with Gasteiger partial charge in [-0.15, -0.1) is 0 Å². The Bertz CT molecular complexity index is 675. The van der Waals surface area contributed by atoms with E-state index in [-0.39, 0.29) is 18.5 Å². The molecule has 0 amide bonds. The van der Waals surface area contributed by atoms with Gasteiger partial charge >= 0.3 is 5.97 Å². The van der Waals surface area contributed by atoms with Crippen LogP contribution in [0.3, 0.4) is 0 Å². The molecule has 2 fully saturated rings. The maximum atomic E-state index is 11.7. The van der Waals surface area contributed by atoms with Crippen LogP contribution in [0, 0.1) is 5.92 Å². The molecule has 3 rings (SSSR count). The molecule has 2 heterocycles. The number of β-amino-alcohol motifs (C(OH)–C–C–N with tert-alkyl or cyclic N) is 1. The smallest absolute Gasteiger partial charge is 0.308 e. The van der Waals surface area contributed by atoms with E-state index in [0.29, 0.717) is 18.0 Å². The highest BCUT2D eigenvalue weighted by Crippen LogP contribution is 2.29. The van der Waals surface area contributed by atoms with Crippen LogP contribution in [0.25, 0.3) is 0 Å². The second-order valence-corrected chi connectivity index (χ2v) is 9.16. The van der Waals surface area contributed by atoms with E-state index in [1.165, 1.54) is 7.11 Å². The largest absolute Gasteiger partial charge is 0.493 e. The Morgan fingerprint density at radius 2 is 1.87 bits per heavy atom. The topological polar surface area (TPSA) is 71.5 Å². The Balaban J connectivity index is 1.48. The van der Waals surface area contributed by atoms with Crippen LogP contribution in [0.2, 0.25) is 0 Å². The van der Waals surface area contributed by atoms with Crippen molar-refractivity contribution in [2.45, 2.75) is 25.5 Å². The van der Waals surface area contributed by atoms with E-state index in [1.807, 2.05) is 30.0 Å². The molecule has 0 bridgehead atoms. The van der Waals surface area contributed by atoms with E-state index in [1.54, 1.807) is 7.11 Å². The van der Waals surface area contributed by atoms with Gasteiger partial charge < -0.3 is 19.3 Å². The van der Waals surface area contributed by atoms with Gasteiger partial charge in [-0.05, 0) is 43.6 Å². The monoisotopic (exact) mass is 438 g/mol. The Morgan fingerprint density at radius 1 is 1.13 bits per heavy atom. The standard InChI is InChI=1S/C22H34N2O5S/c1-27-21-13-17(14-23-7-5-18(6-8-23)22(26)28-2)3-4-20(21)29-16-19(25)15-24-9-11-30-12-10-24/h3-4,13,18-19,25H,5-12,14-16H2,1-2H3/t19-/m0/s1. The van der Waals surface area contributed by atoms with E-state index >= 15 is 0 Å². The number of ether oxygens (including phenoxy) is 3. The fourth-order valence-electron chi connectivity index (χ4n) is 4.00. The van der Waals surface area contributed by atoms with Gasteiger partial charge in [0, 0.05) is 37.7 Å². The molecule has 1 N–H and O–H groups in total. The summed E-state index contributed by atoms with van der Waals surface area (Å²) in [5.41, 5.74) is 1.14. The molecule has 2 saturated heterocycles. The van der Waals surface area contributed by atoms with Gasteiger partial charge in [-0.3, -0.25) is 14.6 Å².